The van der Waals surface area contributed by atoms with Crippen molar-refractivity contribution in [1.82, 2.24) is 15.1 Å². The van der Waals surface area contributed by atoms with Crippen LogP contribution < -0.4 is 14.8 Å². The first kappa shape index (κ1) is 18.5. The van der Waals surface area contributed by atoms with Crippen LogP contribution in [0.1, 0.15) is 21.5 Å². The molecular weight excluding hydrogens is 402 g/mol. The van der Waals surface area contributed by atoms with Gasteiger partial charge in [-0.3, -0.25) is 9.48 Å². The third kappa shape index (κ3) is 3.69. The van der Waals surface area contributed by atoms with Crippen LogP contribution in [-0.2, 0) is 13.1 Å². The number of carbonyl (C=O) groups excluding carboxylic acids is 1. The fourth-order valence-electron chi connectivity index (χ4n) is 3.48. The molecule has 30 heavy (non-hydrogen) atoms. The Hall–Kier alpha value is -3.51. The standard InChI is InChI=1S/C23H18ClN3O3/c24-19-3-1-2-16(8-19)13-27-20-10-17(5-6-18(20)12-26-27)23(28)25-11-15-4-7-21-22(9-15)30-14-29-21/h1-10,12H,11,13-14H2,(H,25,28). The highest BCUT2D eigenvalue weighted by molar-refractivity contribution is 6.30. The zero-order valence-electron chi connectivity index (χ0n) is 16.0. The van der Waals surface area contributed by atoms with E-state index in [1.165, 1.54) is 0 Å². The SMILES string of the molecule is O=C(NCc1ccc2c(c1)OCO2)c1ccc2cnn(Cc3cccc(Cl)c3)c2c1. The van der Waals surface area contributed by atoms with Crippen LogP contribution in [0.5, 0.6) is 11.5 Å². The van der Waals surface area contributed by atoms with Gasteiger partial charge in [0.25, 0.3) is 5.91 Å². The van der Waals surface area contributed by atoms with Crippen LogP contribution in [0, 0.1) is 0 Å². The number of aromatic nitrogens is 2. The maximum Gasteiger partial charge on any atom is 0.251 e. The van der Waals surface area contributed by atoms with Crippen LogP contribution in [0.15, 0.2) is 66.9 Å². The summed E-state index contributed by atoms with van der Waals surface area (Å²) < 4.78 is 12.6. The van der Waals surface area contributed by atoms with E-state index in [-0.39, 0.29) is 12.7 Å². The number of nitrogens with zero attached hydrogens (tertiary/aromatic N) is 2. The normalized spacial score (nSPS) is 12.3. The van der Waals surface area contributed by atoms with Crippen LogP contribution in [0.3, 0.4) is 0 Å². The monoisotopic (exact) mass is 419 g/mol. The number of nitrogens with one attached hydrogen (secondary N) is 1. The Labute approximate surface area is 178 Å². The van der Waals surface area contributed by atoms with Crippen LogP contribution in [0.25, 0.3) is 10.9 Å². The van der Waals surface area contributed by atoms with Gasteiger partial charge in [0, 0.05) is 22.5 Å². The zero-order chi connectivity index (χ0) is 20.5. The number of carbonyl (C=O) groups is 1. The number of amides is 1. The summed E-state index contributed by atoms with van der Waals surface area (Å²) >= 11 is 6.09. The third-order valence-corrected chi connectivity index (χ3v) is 5.25. The highest BCUT2D eigenvalue weighted by Gasteiger charge is 2.14. The second-order valence-corrected chi connectivity index (χ2v) is 7.51. The Morgan fingerprint density at radius 2 is 1.93 bits per heavy atom. The fourth-order valence-corrected chi connectivity index (χ4v) is 3.69. The average molecular weight is 420 g/mol. The molecule has 6 nitrogen and oxygen atoms in total. The molecule has 0 saturated heterocycles. The summed E-state index contributed by atoms with van der Waals surface area (Å²) in [7, 11) is 0. The lowest BCUT2D eigenvalue weighted by atomic mass is 10.1. The first-order valence-electron chi connectivity index (χ1n) is 9.52. The Bertz CT molecular complexity index is 1250. The summed E-state index contributed by atoms with van der Waals surface area (Å²) in [5.74, 6) is 1.28. The quantitative estimate of drug-likeness (QED) is 0.520. The number of hydrogen-bond donors (Lipinski definition) is 1. The van der Waals surface area contributed by atoms with Crippen LogP contribution >= 0.6 is 11.6 Å². The molecule has 1 aliphatic heterocycles. The summed E-state index contributed by atoms with van der Waals surface area (Å²) in [5.41, 5.74) is 3.46. The number of rotatable bonds is 5. The molecule has 0 fully saturated rings. The van der Waals surface area contributed by atoms with Crippen molar-refractivity contribution >= 4 is 28.4 Å². The number of hydrogen-bond acceptors (Lipinski definition) is 4. The first-order valence-corrected chi connectivity index (χ1v) is 9.90. The lowest BCUT2D eigenvalue weighted by Gasteiger charge is -2.08. The van der Waals surface area contributed by atoms with Crippen molar-refractivity contribution in [2.24, 2.45) is 0 Å². The summed E-state index contributed by atoms with van der Waals surface area (Å²) in [6.45, 7) is 1.20. The number of ether oxygens (including phenoxy) is 2. The van der Waals surface area contributed by atoms with Gasteiger partial charge in [0.05, 0.1) is 18.3 Å². The summed E-state index contributed by atoms with van der Waals surface area (Å²) in [4.78, 5) is 12.7. The molecule has 4 aromatic rings. The van der Waals surface area contributed by atoms with Gasteiger partial charge < -0.3 is 14.8 Å². The number of halogens is 1. The maximum atomic E-state index is 12.7. The van der Waals surface area contributed by atoms with E-state index in [2.05, 4.69) is 10.4 Å². The number of benzene rings is 3. The molecule has 1 aromatic heterocycles. The molecule has 1 aliphatic rings. The molecule has 150 valence electrons. The minimum absolute atomic E-state index is 0.148. The van der Waals surface area contributed by atoms with Gasteiger partial charge in [-0.2, -0.15) is 5.10 Å². The van der Waals surface area contributed by atoms with Crippen molar-refractivity contribution < 1.29 is 14.3 Å². The molecular formula is C23H18ClN3O3. The minimum Gasteiger partial charge on any atom is -0.454 e. The van der Waals surface area contributed by atoms with Crippen LogP contribution in [0.4, 0.5) is 0 Å². The topological polar surface area (TPSA) is 65.4 Å². The molecule has 0 saturated carbocycles. The molecule has 0 aliphatic carbocycles. The molecule has 0 spiro atoms. The van der Waals surface area contributed by atoms with E-state index >= 15 is 0 Å². The van der Waals surface area contributed by atoms with E-state index in [9.17, 15) is 4.79 Å². The second kappa shape index (κ2) is 7.72. The molecule has 0 atom stereocenters. The lowest BCUT2D eigenvalue weighted by Crippen LogP contribution is -2.22. The lowest BCUT2D eigenvalue weighted by molar-refractivity contribution is 0.0951. The second-order valence-electron chi connectivity index (χ2n) is 7.08. The van der Waals surface area contributed by atoms with Gasteiger partial charge in [-0.15, -0.1) is 0 Å². The summed E-state index contributed by atoms with van der Waals surface area (Å²) in [6, 6.07) is 18.9. The molecule has 5 rings (SSSR count). The average Bonchev–Trinajstić information content (AvgIpc) is 3.38. The van der Waals surface area contributed by atoms with Gasteiger partial charge in [-0.05, 0) is 47.5 Å². The van der Waals surface area contributed by atoms with Gasteiger partial charge in [-0.25, -0.2) is 0 Å². The molecule has 1 amide bonds. The Morgan fingerprint density at radius 3 is 2.83 bits per heavy atom. The smallest absolute Gasteiger partial charge is 0.251 e. The molecule has 7 heteroatoms. The Balaban J connectivity index is 1.33. The van der Waals surface area contributed by atoms with Crippen LogP contribution in [-0.4, -0.2) is 22.5 Å². The van der Waals surface area contributed by atoms with Crippen molar-refractivity contribution in [1.29, 1.82) is 0 Å². The van der Waals surface area contributed by atoms with E-state index in [0.717, 1.165) is 27.8 Å². The predicted molar refractivity (Wildman–Crippen MR) is 114 cm³/mol. The first-order chi connectivity index (χ1) is 14.7. The molecule has 3 aromatic carbocycles. The highest BCUT2D eigenvalue weighted by atomic mass is 35.5. The van der Waals surface area contributed by atoms with Gasteiger partial charge in [0.2, 0.25) is 6.79 Å². The van der Waals surface area contributed by atoms with E-state index in [0.29, 0.717) is 29.4 Å². The van der Waals surface area contributed by atoms with Crippen LogP contribution in [0.2, 0.25) is 5.02 Å². The van der Waals surface area contributed by atoms with Gasteiger partial charge in [0.1, 0.15) is 0 Å². The van der Waals surface area contributed by atoms with E-state index in [1.54, 1.807) is 6.20 Å². The van der Waals surface area contributed by atoms with E-state index in [4.69, 9.17) is 21.1 Å². The minimum atomic E-state index is -0.148. The molecule has 2 heterocycles. The molecule has 0 unspecified atom stereocenters. The molecule has 1 N–H and O–H groups in total. The van der Waals surface area contributed by atoms with Crippen molar-refractivity contribution in [2.45, 2.75) is 13.1 Å². The summed E-state index contributed by atoms with van der Waals surface area (Å²) in [6.07, 6.45) is 1.80. The van der Waals surface area contributed by atoms with Crippen molar-refractivity contribution in [3.8, 4) is 11.5 Å². The number of fused-ring (bicyclic) bond motifs is 2. The Morgan fingerprint density at radius 1 is 1.03 bits per heavy atom. The van der Waals surface area contributed by atoms with E-state index < -0.39 is 0 Å². The fraction of sp³-hybridized carbons (Fsp3) is 0.130. The molecule has 0 radical (unpaired) electrons. The Kier molecular flexibility index (Phi) is 4.77. The molecule has 0 bridgehead atoms. The maximum absolute atomic E-state index is 12.7. The van der Waals surface area contributed by atoms with E-state index in [1.807, 2.05) is 65.3 Å². The van der Waals surface area contributed by atoms with Crippen molar-refractivity contribution in [3.63, 3.8) is 0 Å². The zero-order valence-corrected chi connectivity index (χ0v) is 16.7. The third-order valence-electron chi connectivity index (χ3n) is 5.02. The largest absolute Gasteiger partial charge is 0.454 e. The summed E-state index contributed by atoms with van der Waals surface area (Å²) in [5, 5.41) is 9.08. The van der Waals surface area contributed by atoms with Crippen molar-refractivity contribution in [3.05, 3.63) is 88.6 Å². The van der Waals surface area contributed by atoms with Crippen molar-refractivity contribution in [2.75, 3.05) is 6.79 Å². The predicted octanol–water partition coefficient (Wildman–Crippen LogP) is 4.40. The van der Waals surface area contributed by atoms with Gasteiger partial charge in [-0.1, -0.05) is 35.9 Å². The highest BCUT2D eigenvalue weighted by Crippen LogP contribution is 2.32. The van der Waals surface area contributed by atoms with Gasteiger partial charge in [0.15, 0.2) is 11.5 Å². The van der Waals surface area contributed by atoms with Gasteiger partial charge >= 0.3 is 0 Å².